The Bertz CT molecular complexity index is 1060. The monoisotopic (exact) mass is 486 g/mol. The van der Waals surface area contributed by atoms with E-state index in [1.807, 2.05) is 36.4 Å². The second-order valence-corrected chi connectivity index (χ2v) is 9.88. The number of carbonyl (C=O) groups is 1. The summed E-state index contributed by atoms with van der Waals surface area (Å²) in [4.78, 5) is 17.1. The molecule has 0 bridgehead atoms. The summed E-state index contributed by atoms with van der Waals surface area (Å²) in [7, 11) is 1.47. The Morgan fingerprint density at radius 2 is 1.50 bits per heavy atom. The summed E-state index contributed by atoms with van der Waals surface area (Å²) in [6.07, 6.45) is 2.42. The van der Waals surface area contributed by atoms with Crippen LogP contribution in [0.15, 0.2) is 84.9 Å². The maximum atomic E-state index is 12.1. The number of benzene rings is 3. The molecule has 5 heteroatoms. The number of methoxy groups -OCH3 is 1. The van der Waals surface area contributed by atoms with Crippen molar-refractivity contribution in [3.05, 3.63) is 96.1 Å². The Labute approximate surface area is 215 Å². The second-order valence-electron chi connectivity index (χ2n) is 9.88. The average molecular weight is 487 g/mol. The molecule has 1 aliphatic heterocycles. The minimum absolute atomic E-state index is 0.147. The third kappa shape index (κ3) is 7.11. The molecule has 1 heterocycles. The summed E-state index contributed by atoms with van der Waals surface area (Å²) in [5, 5.41) is 0. The smallest absolute Gasteiger partial charge is 0.306 e. The third-order valence-electron chi connectivity index (χ3n) is 7.26. The lowest BCUT2D eigenvalue weighted by atomic mass is 9.76. The molecule has 0 aliphatic carbocycles. The lowest BCUT2D eigenvalue weighted by Crippen LogP contribution is -2.46. The van der Waals surface area contributed by atoms with E-state index in [1.54, 1.807) is 0 Å². The van der Waals surface area contributed by atoms with Crippen molar-refractivity contribution in [3.63, 3.8) is 0 Å². The first kappa shape index (κ1) is 25.8. The van der Waals surface area contributed by atoms with Gasteiger partial charge in [-0.05, 0) is 54.8 Å². The second kappa shape index (κ2) is 12.6. The molecule has 0 aromatic heterocycles. The zero-order chi connectivity index (χ0) is 25.2. The predicted octanol–water partition coefficient (Wildman–Crippen LogP) is 5.69. The molecule has 36 heavy (non-hydrogen) atoms. The van der Waals surface area contributed by atoms with Gasteiger partial charge in [0.05, 0.1) is 13.5 Å². The first-order chi connectivity index (χ1) is 17.6. The molecule has 0 radical (unpaired) electrons. The first-order valence-corrected chi connectivity index (χ1v) is 12.9. The van der Waals surface area contributed by atoms with Crippen LogP contribution in [0.1, 0.15) is 37.3 Å². The first-order valence-electron chi connectivity index (χ1n) is 12.9. The van der Waals surface area contributed by atoms with Gasteiger partial charge < -0.3 is 14.4 Å². The summed E-state index contributed by atoms with van der Waals surface area (Å²) in [5.41, 5.74) is 3.42. The maximum absolute atomic E-state index is 12.1. The number of nitrogens with zero attached hydrogens (tertiary/aromatic N) is 2. The number of anilines is 1. The normalized spacial score (nSPS) is 15.8. The van der Waals surface area contributed by atoms with Crippen molar-refractivity contribution in [2.75, 3.05) is 44.7 Å². The van der Waals surface area contributed by atoms with Crippen LogP contribution in [0.5, 0.6) is 5.75 Å². The summed E-state index contributed by atoms with van der Waals surface area (Å²) in [6, 6.07) is 29.1. The molecule has 5 nitrogen and oxygen atoms in total. The standard InChI is InChI=1S/C31H38N2O3/c1-31(24-30(34)35-2,27-12-7-4-8-13-27)18-9-19-32-20-22-33(23-21-32)28-14-16-29(17-15-28)36-25-26-10-5-3-6-11-26/h3-8,10-17H,9,18-25H2,1-2H3. The minimum Gasteiger partial charge on any atom is -0.489 e. The summed E-state index contributed by atoms with van der Waals surface area (Å²) in [6.45, 7) is 7.94. The molecule has 4 rings (SSSR count). The molecule has 190 valence electrons. The Morgan fingerprint density at radius 3 is 2.14 bits per heavy atom. The van der Waals surface area contributed by atoms with E-state index >= 15 is 0 Å². The Hall–Kier alpha value is -3.31. The summed E-state index contributed by atoms with van der Waals surface area (Å²) < 4.78 is 10.9. The largest absolute Gasteiger partial charge is 0.489 e. The van der Waals surface area contributed by atoms with Gasteiger partial charge in [-0.15, -0.1) is 0 Å². The van der Waals surface area contributed by atoms with Gasteiger partial charge in [-0.3, -0.25) is 9.69 Å². The van der Waals surface area contributed by atoms with Gasteiger partial charge in [0.2, 0.25) is 0 Å². The number of esters is 1. The minimum atomic E-state index is -0.208. The van der Waals surface area contributed by atoms with E-state index in [-0.39, 0.29) is 11.4 Å². The van der Waals surface area contributed by atoms with Crippen LogP contribution >= 0.6 is 0 Å². The Kier molecular flexibility index (Phi) is 9.01. The number of hydrogen-bond donors (Lipinski definition) is 0. The van der Waals surface area contributed by atoms with Crippen LogP contribution in [0.2, 0.25) is 0 Å². The lowest BCUT2D eigenvalue weighted by Gasteiger charge is -2.37. The van der Waals surface area contributed by atoms with Crippen LogP contribution < -0.4 is 9.64 Å². The quantitative estimate of drug-likeness (QED) is 0.326. The molecular weight excluding hydrogens is 448 g/mol. The van der Waals surface area contributed by atoms with E-state index < -0.39 is 0 Å². The van der Waals surface area contributed by atoms with Gasteiger partial charge in [0.1, 0.15) is 12.4 Å². The molecule has 1 fully saturated rings. The Balaban J connectivity index is 1.23. The van der Waals surface area contributed by atoms with Gasteiger partial charge >= 0.3 is 5.97 Å². The van der Waals surface area contributed by atoms with Crippen LogP contribution in [0.3, 0.4) is 0 Å². The molecule has 1 saturated heterocycles. The predicted molar refractivity (Wildman–Crippen MR) is 146 cm³/mol. The molecule has 3 aromatic carbocycles. The highest BCUT2D eigenvalue weighted by Crippen LogP contribution is 2.33. The molecule has 3 aromatic rings. The molecule has 1 unspecified atom stereocenters. The highest BCUT2D eigenvalue weighted by Gasteiger charge is 2.30. The third-order valence-corrected chi connectivity index (χ3v) is 7.26. The van der Waals surface area contributed by atoms with Crippen LogP contribution in [-0.2, 0) is 21.6 Å². The fourth-order valence-electron chi connectivity index (χ4n) is 4.98. The zero-order valence-corrected chi connectivity index (χ0v) is 21.6. The van der Waals surface area contributed by atoms with Crippen molar-refractivity contribution in [2.45, 2.75) is 38.2 Å². The zero-order valence-electron chi connectivity index (χ0n) is 21.6. The van der Waals surface area contributed by atoms with Crippen molar-refractivity contribution >= 4 is 11.7 Å². The molecular formula is C31H38N2O3. The number of piperazine rings is 1. The fraction of sp³-hybridized carbons (Fsp3) is 0.387. The summed E-state index contributed by atoms with van der Waals surface area (Å²) >= 11 is 0. The number of rotatable bonds is 11. The molecule has 0 saturated carbocycles. The van der Waals surface area contributed by atoms with Gasteiger partial charge in [0, 0.05) is 37.3 Å². The van der Waals surface area contributed by atoms with Gasteiger partial charge in [0.25, 0.3) is 0 Å². The van der Waals surface area contributed by atoms with Crippen LogP contribution in [0.25, 0.3) is 0 Å². The van der Waals surface area contributed by atoms with E-state index in [4.69, 9.17) is 9.47 Å². The number of carbonyl (C=O) groups excluding carboxylic acids is 1. The highest BCUT2D eigenvalue weighted by molar-refractivity contribution is 5.71. The topological polar surface area (TPSA) is 42.0 Å². The van der Waals surface area contributed by atoms with Crippen molar-refractivity contribution in [1.82, 2.24) is 4.90 Å². The van der Waals surface area contributed by atoms with Crippen molar-refractivity contribution in [2.24, 2.45) is 0 Å². The SMILES string of the molecule is COC(=O)CC(C)(CCCN1CCN(c2ccc(OCc3ccccc3)cc2)CC1)c1ccccc1. The van der Waals surface area contributed by atoms with E-state index in [1.165, 1.54) is 23.9 Å². The Morgan fingerprint density at radius 1 is 0.861 bits per heavy atom. The van der Waals surface area contributed by atoms with Crippen molar-refractivity contribution in [1.29, 1.82) is 0 Å². The maximum Gasteiger partial charge on any atom is 0.306 e. The van der Waals surface area contributed by atoms with Crippen molar-refractivity contribution in [3.8, 4) is 5.75 Å². The van der Waals surface area contributed by atoms with Crippen LogP contribution in [0.4, 0.5) is 5.69 Å². The fourth-order valence-corrected chi connectivity index (χ4v) is 4.98. The van der Waals surface area contributed by atoms with E-state index in [9.17, 15) is 4.79 Å². The molecule has 0 N–H and O–H groups in total. The van der Waals surface area contributed by atoms with Gasteiger partial charge in [-0.1, -0.05) is 67.6 Å². The van der Waals surface area contributed by atoms with Crippen LogP contribution in [0, 0.1) is 0 Å². The van der Waals surface area contributed by atoms with E-state index in [2.05, 4.69) is 65.3 Å². The molecule has 0 amide bonds. The highest BCUT2D eigenvalue weighted by atomic mass is 16.5. The van der Waals surface area contributed by atoms with Gasteiger partial charge in [-0.2, -0.15) is 0 Å². The lowest BCUT2D eigenvalue weighted by molar-refractivity contribution is -0.142. The van der Waals surface area contributed by atoms with Gasteiger partial charge in [0.15, 0.2) is 0 Å². The molecule has 1 atom stereocenters. The molecule has 1 aliphatic rings. The van der Waals surface area contributed by atoms with Crippen LogP contribution in [-0.4, -0.2) is 50.7 Å². The van der Waals surface area contributed by atoms with Gasteiger partial charge in [-0.25, -0.2) is 0 Å². The number of hydrogen-bond acceptors (Lipinski definition) is 5. The van der Waals surface area contributed by atoms with Crippen molar-refractivity contribution < 1.29 is 14.3 Å². The average Bonchev–Trinajstić information content (AvgIpc) is 2.93. The van der Waals surface area contributed by atoms with E-state index in [0.717, 1.165) is 51.3 Å². The number of ether oxygens (including phenoxy) is 2. The van der Waals surface area contributed by atoms with E-state index in [0.29, 0.717) is 13.0 Å². The molecule has 0 spiro atoms. The summed E-state index contributed by atoms with van der Waals surface area (Å²) in [5.74, 6) is 0.751.